The van der Waals surface area contributed by atoms with Crippen molar-refractivity contribution in [3.63, 3.8) is 0 Å². The monoisotopic (exact) mass is 830 g/mol. The molecule has 0 unspecified atom stereocenters. The zero-order chi connectivity index (χ0) is 23.3. The Morgan fingerprint density at radius 3 is 0.818 bits per heavy atom. The molecule has 4 aromatic rings. The van der Waals surface area contributed by atoms with E-state index in [0.29, 0.717) is 0 Å². The number of thiol groups is 2. The molecule has 0 heterocycles. The number of halogens is 4. The van der Waals surface area contributed by atoms with Gasteiger partial charge in [-0.15, -0.1) is 0 Å². The molecule has 218 valence electrons. The fourth-order valence-electron chi connectivity index (χ4n) is 2.29. The van der Waals surface area contributed by atoms with Gasteiger partial charge in [0.2, 0.25) is 0 Å². The summed E-state index contributed by atoms with van der Waals surface area (Å²) in [6, 6.07) is 30.4. The normalized spacial score (nSPS) is 7.16. The van der Waals surface area contributed by atoms with E-state index in [1.165, 1.54) is 53.4 Å². The van der Waals surface area contributed by atoms with Crippen LogP contribution < -0.4 is 131 Å². The third-order valence-corrected chi connectivity index (χ3v) is 6.54. The van der Waals surface area contributed by atoms with E-state index in [1.807, 2.05) is 84.9 Å². The zero-order valence-corrected chi connectivity index (χ0v) is 43.8. The molecule has 0 aliphatic carbocycles. The summed E-state index contributed by atoms with van der Waals surface area (Å²) >= 11 is 23.6. The summed E-state index contributed by atoms with van der Waals surface area (Å²) in [5.41, 5.74) is 0. The van der Waals surface area contributed by atoms with E-state index in [1.54, 1.807) is 35.7 Å². The molecule has 0 aliphatic rings. The fraction of sp³-hybridized carbons (Fsp3) is 0.0769. The van der Waals surface area contributed by atoms with Crippen molar-refractivity contribution < 1.29 is 147 Å². The topological polar surface area (TPSA) is 81.7 Å². The molecule has 0 spiro atoms. The van der Waals surface area contributed by atoms with Crippen LogP contribution in [0.1, 0.15) is 14.9 Å². The third-order valence-electron chi connectivity index (χ3n) is 3.75. The SMILES string of the molecule is C.C.Clc1ccc(Sc2ccc(Cl)cc2)cc1.O.Oc1ccc(Sc2ccc(Cl)cc2)cc1.S.[Cl-].[Na+].[Na+].[Na+].[Na+].[Na][Na].[OH-].[SH-].[SH-]. The van der Waals surface area contributed by atoms with E-state index in [9.17, 15) is 0 Å². The molecule has 0 bridgehead atoms. The first-order valence-electron chi connectivity index (χ1n) is 9.89. The van der Waals surface area contributed by atoms with E-state index < -0.39 is 0 Å². The number of benzene rings is 4. The number of aromatic hydroxyl groups is 1. The van der Waals surface area contributed by atoms with E-state index >= 15 is 0 Å². The Kier molecular flexibility index (Phi) is 86.6. The smallest absolute Gasteiger partial charge is 0.813 e. The van der Waals surface area contributed by atoms with Crippen LogP contribution in [0.25, 0.3) is 0 Å². The van der Waals surface area contributed by atoms with Crippen molar-refractivity contribution in [3.05, 3.63) is 112 Å². The summed E-state index contributed by atoms with van der Waals surface area (Å²) in [5.74, 6) is 0.287. The first kappa shape index (κ1) is 78.6. The van der Waals surface area contributed by atoms with E-state index in [0.717, 1.165) is 24.9 Å². The van der Waals surface area contributed by atoms with Crippen LogP contribution in [0.4, 0.5) is 0 Å². The van der Waals surface area contributed by atoms with Crippen molar-refractivity contribution in [2.75, 3.05) is 0 Å². The summed E-state index contributed by atoms with van der Waals surface area (Å²) in [6.45, 7) is 0. The van der Waals surface area contributed by atoms with Crippen LogP contribution in [0.5, 0.6) is 5.75 Å². The van der Waals surface area contributed by atoms with Crippen LogP contribution >= 0.6 is 71.8 Å². The molecule has 18 heteroatoms. The van der Waals surface area contributed by atoms with Crippen molar-refractivity contribution in [2.45, 2.75) is 34.4 Å². The van der Waals surface area contributed by atoms with Crippen LogP contribution in [0.15, 0.2) is 117 Å². The quantitative estimate of drug-likeness (QED) is 0.125. The minimum Gasteiger partial charge on any atom is -0.870 e. The van der Waals surface area contributed by atoms with Gasteiger partial charge < -0.3 is 55.5 Å². The van der Waals surface area contributed by atoms with Crippen LogP contribution in [0.2, 0.25) is 15.1 Å². The van der Waals surface area contributed by atoms with Gasteiger partial charge in [-0.1, -0.05) is 73.2 Å². The van der Waals surface area contributed by atoms with Crippen molar-refractivity contribution in [3.8, 4) is 5.75 Å². The maximum atomic E-state index is 9.13. The number of hydrogen-bond acceptors (Lipinski definition) is 6. The van der Waals surface area contributed by atoms with Crippen molar-refractivity contribution in [1.29, 1.82) is 0 Å². The molecule has 0 radical (unpaired) electrons. The minimum atomic E-state index is 0. The first-order chi connectivity index (χ1) is 15.5. The van der Waals surface area contributed by atoms with Gasteiger partial charge >= 0.3 is 162 Å². The van der Waals surface area contributed by atoms with Gasteiger partial charge in [0.15, 0.2) is 0 Å². The number of rotatable bonds is 4. The Morgan fingerprint density at radius 1 is 0.477 bits per heavy atom. The second-order valence-electron chi connectivity index (χ2n) is 6.06. The average molecular weight is 833 g/mol. The summed E-state index contributed by atoms with van der Waals surface area (Å²) in [5, 5.41) is 11.4. The molecule has 0 saturated heterocycles. The van der Waals surface area contributed by atoms with E-state index in [-0.39, 0.29) is 203 Å². The molecule has 0 amide bonds. The first-order valence-corrected chi connectivity index (χ1v) is 20.7. The summed E-state index contributed by atoms with van der Waals surface area (Å²) in [6.07, 6.45) is 0. The molecular weight excluding hydrogens is 800 g/mol. The Morgan fingerprint density at radius 2 is 0.636 bits per heavy atom. The van der Waals surface area contributed by atoms with Crippen LogP contribution in [-0.2, 0) is 27.0 Å². The van der Waals surface area contributed by atoms with Gasteiger partial charge in [-0.25, -0.2) is 0 Å². The maximum absolute atomic E-state index is 9.13. The van der Waals surface area contributed by atoms with Crippen molar-refractivity contribution in [1.82, 2.24) is 0 Å². The largest absolute Gasteiger partial charge is 0.870 e. The van der Waals surface area contributed by atoms with Crippen molar-refractivity contribution >= 4 is 142 Å². The van der Waals surface area contributed by atoms with Gasteiger partial charge in [0.25, 0.3) is 0 Å². The summed E-state index contributed by atoms with van der Waals surface area (Å²) in [7, 11) is 0. The second kappa shape index (κ2) is 48.5. The number of hydrogen-bond donors (Lipinski definition) is 1. The van der Waals surface area contributed by atoms with Crippen LogP contribution in [0.3, 0.4) is 0 Å². The molecule has 0 atom stereocenters. The van der Waals surface area contributed by atoms with Gasteiger partial charge in [-0.05, 0) is 97.1 Å². The average Bonchev–Trinajstić information content (AvgIpc) is 2.82. The van der Waals surface area contributed by atoms with Gasteiger partial charge in [-0.3, -0.25) is 0 Å². The van der Waals surface area contributed by atoms with E-state index in [4.69, 9.17) is 39.9 Å². The van der Waals surface area contributed by atoms with E-state index in [2.05, 4.69) is 0 Å². The van der Waals surface area contributed by atoms with Gasteiger partial charge in [0.1, 0.15) is 5.75 Å². The molecule has 0 saturated carbocycles. The Balaban J connectivity index is -0.0000000413. The molecule has 0 aromatic heterocycles. The molecule has 4 rings (SSSR count). The Hall–Kier alpha value is 5.51. The molecule has 4 aromatic carbocycles. The van der Waals surface area contributed by atoms with Crippen LogP contribution in [0, 0.1) is 0 Å². The molecular formula is C26H32Cl4Na6O3S5. The second-order valence-corrected chi connectivity index (χ2v) is 9.66. The predicted molar refractivity (Wildman–Crippen MR) is 189 cm³/mol. The summed E-state index contributed by atoms with van der Waals surface area (Å²) in [4.78, 5) is 4.56. The third kappa shape index (κ3) is 35.9. The molecule has 44 heavy (non-hydrogen) atoms. The predicted octanol–water partition coefficient (Wildman–Crippen LogP) is -6.56. The fourth-order valence-corrected chi connectivity index (χ4v) is 4.31. The van der Waals surface area contributed by atoms with Gasteiger partial charge in [-0.2, -0.15) is 13.5 Å². The standard InChI is InChI=1S/C12H8Cl2S.C12H9ClOS.2CH4.ClH.6Na.2H2O.3H2S/c2*13-9-1-5-11(6-2-9)15-12-7-3-10(14)4-8-12;;;;;;;;;;;;;;/h1-8H;1-8,14H;2*1H4;1H;;;;;;;5*1H2/q;;;;;;;4*+1;;;;;/p-4. The maximum Gasteiger partial charge on any atom is -0.813 e. The zero-order valence-electron chi connectivity index (χ0n) is 24.4. The van der Waals surface area contributed by atoms with Gasteiger partial charge in [0, 0.05) is 34.6 Å². The molecule has 0 aliphatic heterocycles. The molecule has 3 nitrogen and oxygen atoms in total. The Labute approximate surface area is 432 Å². The van der Waals surface area contributed by atoms with Crippen molar-refractivity contribution in [2.24, 2.45) is 0 Å². The Bertz CT molecular complexity index is 921. The van der Waals surface area contributed by atoms with Gasteiger partial charge in [0.05, 0.1) is 0 Å². The molecule has 0 fully saturated rings. The number of phenolic OH excluding ortho intramolecular Hbond substituents is 1. The minimum absolute atomic E-state index is 0. The van der Waals surface area contributed by atoms with Crippen LogP contribution in [-0.4, -0.2) is 59.7 Å². The number of phenols is 1. The molecule has 4 N–H and O–H groups in total. The summed E-state index contributed by atoms with van der Waals surface area (Å²) < 4.78 is 0.